The van der Waals surface area contributed by atoms with Gasteiger partial charge in [-0.25, -0.2) is 0 Å². The number of anilines is 1. The third-order valence-corrected chi connectivity index (χ3v) is 4.86. The number of benzene rings is 1. The van der Waals surface area contributed by atoms with Crippen molar-refractivity contribution in [2.24, 2.45) is 0 Å². The Morgan fingerprint density at radius 1 is 1.17 bits per heavy atom. The van der Waals surface area contributed by atoms with Crippen LogP contribution in [0.3, 0.4) is 0 Å². The van der Waals surface area contributed by atoms with Crippen molar-refractivity contribution in [1.29, 1.82) is 0 Å². The van der Waals surface area contributed by atoms with Crippen LogP contribution in [0.15, 0.2) is 48.7 Å². The molecule has 24 heavy (non-hydrogen) atoms. The molecule has 122 valence electrons. The second-order valence-corrected chi connectivity index (χ2v) is 6.34. The lowest BCUT2D eigenvalue weighted by molar-refractivity contribution is -0.135. The summed E-state index contributed by atoms with van der Waals surface area (Å²) < 4.78 is 0. The Morgan fingerprint density at radius 2 is 2.00 bits per heavy atom. The average molecular weight is 321 g/mol. The summed E-state index contributed by atoms with van der Waals surface area (Å²) in [6.07, 6.45) is 3.86. The molecule has 5 nitrogen and oxygen atoms in total. The van der Waals surface area contributed by atoms with Gasteiger partial charge in [-0.05, 0) is 36.6 Å². The van der Waals surface area contributed by atoms with Gasteiger partial charge in [0.25, 0.3) is 0 Å². The van der Waals surface area contributed by atoms with Gasteiger partial charge < -0.3 is 10.2 Å². The number of carbonyl (C=O) groups excluding carboxylic acids is 2. The van der Waals surface area contributed by atoms with Gasteiger partial charge in [0.05, 0.1) is 17.7 Å². The van der Waals surface area contributed by atoms with Crippen LogP contribution in [-0.4, -0.2) is 28.2 Å². The maximum Gasteiger partial charge on any atom is 0.231 e. The average Bonchev–Trinajstić information content (AvgIpc) is 3.11. The van der Waals surface area contributed by atoms with Gasteiger partial charge >= 0.3 is 0 Å². The highest BCUT2D eigenvalue weighted by Gasteiger charge is 2.38. The summed E-state index contributed by atoms with van der Waals surface area (Å²) in [5, 5.41) is 2.86. The SMILES string of the molecule is O=C1C[C@@H](C(=O)N2CCC[C@H]2c2ccccn2)c2ccccc2N1. The van der Waals surface area contributed by atoms with Crippen LogP contribution in [0.5, 0.6) is 0 Å². The van der Waals surface area contributed by atoms with E-state index >= 15 is 0 Å². The van der Waals surface area contributed by atoms with Gasteiger partial charge in [0.2, 0.25) is 11.8 Å². The lowest BCUT2D eigenvalue weighted by Crippen LogP contribution is -2.38. The molecular weight excluding hydrogens is 302 g/mol. The zero-order valence-electron chi connectivity index (χ0n) is 13.3. The van der Waals surface area contributed by atoms with Gasteiger partial charge in [-0.15, -0.1) is 0 Å². The van der Waals surface area contributed by atoms with E-state index in [0.717, 1.165) is 36.3 Å². The summed E-state index contributed by atoms with van der Waals surface area (Å²) in [7, 11) is 0. The minimum absolute atomic E-state index is 0.0100. The first-order valence-electron chi connectivity index (χ1n) is 8.34. The predicted octanol–water partition coefficient (Wildman–Crippen LogP) is 2.87. The molecule has 1 saturated heterocycles. The lowest BCUT2D eigenvalue weighted by Gasteiger charge is -2.31. The highest BCUT2D eigenvalue weighted by molar-refractivity contribution is 6.01. The van der Waals surface area contributed by atoms with Crippen LogP contribution in [0.4, 0.5) is 5.69 Å². The lowest BCUT2D eigenvalue weighted by atomic mass is 9.89. The number of para-hydroxylation sites is 1. The smallest absolute Gasteiger partial charge is 0.231 e. The molecule has 4 rings (SSSR count). The summed E-state index contributed by atoms with van der Waals surface area (Å²) in [5.41, 5.74) is 2.59. The number of rotatable bonds is 2. The molecule has 1 aromatic heterocycles. The van der Waals surface area contributed by atoms with Crippen molar-refractivity contribution in [2.75, 3.05) is 11.9 Å². The summed E-state index contributed by atoms with van der Waals surface area (Å²) in [6.45, 7) is 0.723. The monoisotopic (exact) mass is 321 g/mol. The van der Waals surface area contributed by atoms with E-state index in [1.165, 1.54) is 0 Å². The minimum Gasteiger partial charge on any atom is -0.334 e. The number of carbonyl (C=O) groups is 2. The van der Waals surface area contributed by atoms with Crippen LogP contribution in [0.2, 0.25) is 0 Å². The zero-order valence-corrected chi connectivity index (χ0v) is 13.3. The molecule has 0 saturated carbocycles. The normalized spacial score (nSPS) is 22.8. The standard InChI is InChI=1S/C19H19N3O2/c23-18-12-14(13-6-1-2-7-15(13)21-18)19(24)22-11-5-9-17(22)16-8-3-4-10-20-16/h1-4,6-8,10,14,17H,5,9,11-12H2,(H,21,23)/t14-,17+/m1/s1. The second-order valence-electron chi connectivity index (χ2n) is 6.34. The third-order valence-electron chi connectivity index (χ3n) is 4.86. The topological polar surface area (TPSA) is 62.3 Å². The highest BCUT2D eigenvalue weighted by Crippen LogP contribution is 2.38. The van der Waals surface area contributed by atoms with Crippen molar-refractivity contribution in [1.82, 2.24) is 9.88 Å². The maximum atomic E-state index is 13.2. The Labute approximate surface area is 140 Å². The van der Waals surface area contributed by atoms with Crippen molar-refractivity contribution in [3.63, 3.8) is 0 Å². The Bertz CT molecular complexity index is 775. The number of pyridine rings is 1. The summed E-state index contributed by atoms with van der Waals surface area (Å²) in [4.78, 5) is 31.6. The van der Waals surface area contributed by atoms with Crippen LogP contribution < -0.4 is 5.32 Å². The summed E-state index contributed by atoms with van der Waals surface area (Å²) in [6, 6.07) is 13.4. The fraction of sp³-hybridized carbons (Fsp3) is 0.316. The van der Waals surface area contributed by atoms with Crippen molar-refractivity contribution in [3.05, 3.63) is 59.9 Å². The molecule has 2 amide bonds. The van der Waals surface area contributed by atoms with Gasteiger partial charge in [-0.2, -0.15) is 0 Å². The Morgan fingerprint density at radius 3 is 2.83 bits per heavy atom. The Balaban J connectivity index is 1.65. The zero-order chi connectivity index (χ0) is 16.5. The molecule has 0 radical (unpaired) electrons. The van der Waals surface area contributed by atoms with E-state index < -0.39 is 5.92 Å². The molecule has 1 fully saturated rings. The molecule has 2 aromatic rings. The Hall–Kier alpha value is -2.69. The van der Waals surface area contributed by atoms with Crippen LogP contribution in [0, 0.1) is 0 Å². The van der Waals surface area contributed by atoms with E-state index in [1.54, 1.807) is 6.20 Å². The van der Waals surface area contributed by atoms with E-state index in [-0.39, 0.29) is 24.3 Å². The summed E-state index contributed by atoms with van der Waals surface area (Å²) >= 11 is 0. The number of nitrogens with zero attached hydrogens (tertiary/aromatic N) is 2. The predicted molar refractivity (Wildman–Crippen MR) is 90.4 cm³/mol. The van der Waals surface area contributed by atoms with Gasteiger partial charge in [0.15, 0.2) is 0 Å². The largest absolute Gasteiger partial charge is 0.334 e. The first-order chi connectivity index (χ1) is 11.7. The minimum atomic E-state index is -0.403. The molecule has 0 aliphatic carbocycles. The first kappa shape index (κ1) is 14.9. The van der Waals surface area contributed by atoms with Crippen molar-refractivity contribution in [2.45, 2.75) is 31.2 Å². The van der Waals surface area contributed by atoms with E-state index in [1.807, 2.05) is 47.4 Å². The molecular formula is C19H19N3O2. The van der Waals surface area contributed by atoms with Crippen molar-refractivity contribution in [3.8, 4) is 0 Å². The highest BCUT2D eigenvalue weighted by atomic mass is 16.2. The van der Waals surface area contributed by atoms with Crippen LogP contribution in [0.25, 0.3) is 0 Å². The fourth-order valence-corrected chi connectivity index (χ4v) is 3.74. The number of nitrogens with one attached hydrogen (secondary N) is 1. The van der Waals surface area contributed by atoms with E-state index in [0.29, 0.717) is 0 Å². The van der Waals surface area contributed by atoms with E-state index in [4.69, 9.17) is 0 Å². The van der Waals surface area contributed by atoms with E-state index in [9.17, 15) is 9.59 Å². The van der Waals surface area contributed by atoms with Gasteiger partial charge in [-0.1, -0.05) is 24.3 Å². The Kier molecular flexibility index (Phi) is 3.76. The van der Waals surface area contributed by atoms with Gasteiger partial charge in [0, 0.05) is 24.8 Å². The molecule has 0 spiro atoms. The molecule has 5 heteroatoms. The molecule has 1 N–H and O–H groups in total. The van der Waals surface area contributed by atoms with Gasteiger partial charge in [-0.3, -0.25) is 14.6 Å². The van der Waals surface area contributed by atoms with E-state index in [2.05, 4.69) is 10.3 Å². The number of aromatic nitrogens is 1. The molecule has 0 unspecified atom stereocenters. The molecule has 2 atom stereocenters. The third kappa shape index (κ3) is 2.56. The number of fused-ring (bicyclic) bond motifs is 1. The molecule has 2 aliphatic heterocycles. The van der Waals surface area contributed by atoms with Crippen molar-refractivity contribution >= 4 is 17.5 Å². The molecule has 0 bridgehead atoms. The van der Waals surface area contributed by atoms with Crippen LogP contribution >= 0.6 is 0 Å². The number of hydrogen-bond donors (Lipinski definition) is 1. The first-order valence-corrected chi connectivity index (χ1v) is 8.34. The molecule has 2 aliphatic rings. The van der Waals surface area contributed by atoms with Crippen LogP contribution in [0.1, 0.15) is 42.5 Å². The van der Waals surface area contributed by atoms with Crippen LogP contribution in [-0.2, 0) is 9.59 Å². The fourth-order valence-electron chi connectivity index (χ4n) is 3.74. The second kappa shape index (κ2) is 6.07. The molecule has 1 aromatic carbocycles. The summed E-state index contributed by atoms with van der Waals surface area (Å²) in [5.74, 6) is -0.467. The maximum absolute atomic E-state index is 13.2. The number of hydrogen-bond acceptors (Lipinski definition) is 3. The number of likely N-dealkylation sites (tertiary alicyclic amines) is 1. The quantitative estimate of drug-likeness (QED) is 0.925. The van der Waals surface area contributed by atoms with Gasteiger partial charge in [0.1, 0.15) is 0 Å². The number of amides is 2. The molecule has 3 heterocycles. The van der Waals surface area contributed by atoms with Crippen molar-refractivity contribution < 1.29 is 9.59 Å².